The topological polar surface area (TPSA) is 20.2 Å². The highest BCUT2D eigenvalue weighted by Gasteiger charge is 2.23. The highest BCUT2D eigenvalue weighted by atomic mass is 19.1. The molecule has 7 heavy (non-hydrogen) atoms. The molecule has 0 aliphatic heterocycles. The van der Waals surface area contributed by atoms with Gasteiger partial charge in [0.15, 0.2) is 0 Å². The molecular formula is C5H9FO. The van der Waals surface area contributed by atoms with Crippen molar-refractivity contribution in [2.45, 2.75) is 31.5 Å². The molecule has 0 heterocycles. The van der Waals surface area contributed by atoms with E-state index in [4.69, 9.17) is 5.11 Å². The van der Waals surface area contributed by atoms with Gasteiger partial charge >= 0.3 is 0 Å². The van der Waals surface area contributed by atoms with Gasteiger partial charge in [-0.3, -0.25) is 0 Å². The monoisotopic (exact) mass is 104 g/mol. The maximum absolute atomic E-state index is 12.1. The SMILES string of the molecule is O[C@@H]1CCC[C@@H]1F. The molecular weight excluding hydrogens is 95.1 g/mol. The van der Waals surface area contributed by atoms with Crippen molar-refractivity contribution in [3.8, 4) is 0 Å². The summed E-state index contributed by atoms with van der Waals surface area (Å²) in [5.74, 6) is 0. The van der Waals surface area contributed by atoms with Crippen molar-refractivity contribution in [1.82, 2.24) is 0 Å². The second-order valence-corrected chi connectivity index (χ2v) is 2.01. The fraction of sp³-hybridized carbons (Fsp3) is 1.00. The summed E-state index contributed by atoms with van der Waals surface area (Å²) in [5, 5.41) is 8.62. The maximum Gasteiger partial charge on any atom is 0.126 e. The molecule has 0 aromatic carbocycles. The third-order valence-corrected chi connectivity index (χ3v) is 1.40. The first kappa shape index (κ1) is 5.04. The van der Waals surface area contributed by atoms with Crippen LogP contribution in [0.15, 0.2) is 0 Å². The lowest BCUT2D eigenvalue weighted by molar-refractivity contribution is 0.103. The molecule has 2 heteroatoms. The van der Waals surface area contributed by atoms with Crippen LogP contribution in [0.5, 0.6) is 0 Å². The van der Waals surface area contributed by atoms with E-state index in [1.165, 1.54) is 0 Å². The Labute approximate surface area is 42.2 Å². The molecule has 0 spiro atoms. The first-order valence-corrected chi connectivity index (χ1v) is 2.63. The van der Waals surface area contributed by atoms with Crippen molar-refractivity contribution in [2.24, 2.45) is 0 Å². The Balaban J connectivity index is 2.33. The largest absolute Gasteiger partial charge is 0.390 e. The summed E-state index contributed by atoms with van der Waals surface area (Å²) in [7, 11) is 0. The molecule has 0 bridgehead atoms. The number of aliphatic hydroxyl groups is 1. The number of hydrogen-bond acceptors (Lipinski definition) is 1. The summed E-state index contributed by atoms with van der Waals surface area (Å²) in [6.07, 6.45) is 0.477. The van der Waals surface area contributed by atoms with E-state index in [-0.39, 0.29) is 0 Å². The fourth-order valence-electron chi connectivity index (χ4n) is 0.895. The minimum atomic E-state index is -0.931. The number of aliphatic hydroxyl groups excluding tert-OH is 1. The van der Waals surface area contributed by atoms with Crippen LogP contribution in [0.4, 0.5) is 4.39 Å². The van der Waals surface area contributed by atoms with Crippen LogP contribution in [0.2, 0.25) is 0 Å². The lowest BCUT2D eigenvalue weighted by Gasteiger charge is -2.00. The summed E-state index contributed by atoms with van der Waals surface area (Å²) in [4.78, 5) is 0. The van der Waals surface area contributed by atoms with E-state index in [0.29, 0.717) is 12.8 Å². The lowest BCUT2D eigenvalue weighted by atomic mass is 10.3. The van der Waals surface area contributed by atoms with Gasteiger partial charge in [-0.25, -0.2) is 4.39 Å². The molecule has 1 fully saturated rings. The molecule has 0 radical (unpaired) electrons. The van der Waals surface area contributed by atoms with E-state index in [0.717, 1.165) is 6.42 Å². The minimum absolute atomic E-state index is 0.557. The third kappa shape index (κ3) is 0.911. The minimum Gasteiger partial charge on any atom is -0.390 e. The first-order valence-electron chi connectivity index (χ1n) is 2.63. The van der Waals surface area contributed by atoms with Gasteiger partial charge in [0.1, 0.15) is 6.17 Å². The van der Waals surface area contributed by atoms with Crippen molar-refractivity contribution in [1.29, 1.82) is 0 Å². The number of hydrogen-bond donors (Lipinski definition) is 1. The molecule has 0 aromatic rings. The van der Waals surface area contributed by atoms with E-state index in [2.05, 4.69) is 0 Å². The Bertz CT molecular complexity index is 57.1. The average molecular weight is 104 g/mol. The van der Waals surface area contributed by atoms with Gasteiger partial charge in [0, 0.05) is 0 Å². The highest BCUT2D eigenvalue weighted by Crippen LogP contribution is 2.20. The number of halogens is 1. The van der Waals surface area contributed by atoms with Crippen LogP contribution in [0.25, 0.3) is 0 Å². The Kier molecular flexibility index (Phi) is 1.28. The van der Waals surface area contributed by atoms with Gasteiger partial charge < -0.3 is 5.11 Å². The summed E-state index contributed by atoms with van der Waals surface area (Å²) >= 11 is 0. The Hall–Kier alpha value is -0.110. The fourth-order valence-corrected chi connectivity index (χ4v) is 0.895. The van der Waals surface area contributed by atoms with Gasteiger partial charge in [-0.05, 0) is 19.3 Å². The van der Waals surface area contributed by atoms with Crippen LogP contribution in [-0.2, 0) is 0 Å². The van der Waals surface area contributed by atoms with Crippen LogP contribution in [0, 0.1) is 0 Å². The predicted molar refractivity (Wildman–Crippen MR) is 24.8 cm³/mol. The summed E-state index contributed by atoms with van der Waals surface area (Å²) in [6.45, 7) is 0. The van der Waals surface area contributed by atoms with Crippen LogP contribution in [0.1, 0.15) is 19.3 Å². The summed E-state index contributed by atoms with van der Waals surface area (Å²) in [5.41, 5.74) is 0. The van der Waals surface area contributed by atoms with E-state index in [1.807, 2.05) is 0 Å². The Morgan fingerprint density at radius 1 is 1.43 bits per heavy atom. The van der Waals surface area contributed by atoms with E-state index in [1.54, 1.807) is 0 Å². The van der Waals surface area contributed by atoms with Crippen LogP contribution >= 0.6 is 0 Å². The second kappa shape index (κ2) is 1.78. The van der Waals surface area contributed by atoms with Gasteiger partial charge in [-0.1, -0.05) is 0 Å². The Morgan fingerprint density at radius 3 is 2.29 bits per heavy atom. The standard InChI is InChI=1S/C5H9FO/c6-4-2-1-3-5(4)7/h4-5,7H,1-3H2/t4-,5+/m0/s1. The van der Waals surface area contributed by atoms with Gasteiger partial charge in [0.25, 0.3) is 0 Å². The molecule has 0 unspecified atom stereocenters. The molecule has 1 aliphatic carbocycles. The van der Waals surface area contributed by atoms with Crippen molar-refractivity contribution >= 4 is 0 Å². The van der Waals surface area contributed by atoms with Gasteiger partial charge in [0.05, 0.1) is 6.10 Å². The van der Waals surface area contributed by atoms with Crippen LogP contribution < -0.4 is 0 Å². The first-order chi connectivity index (χ1) is 3.30. The van der Waals surface area contributed by atoms with Crippen molar-refractivity contribution in [2.75, 3.05) is 0 Å². The molecule has 0 amide bonds. The smallest absolute Gasteiger partial charge is 0.126 e. The molecule has 1 nitrogen and oxygen atoms in total. The van der Waals surface area contributed by atoms with Gasteiger partial charge in [0.2, 0.25) is 0 Å². The van der Waals surface area contributed by atoms with Crippen molar-refractivity contribution in [3.63, 3.8) is 0 Å². The molecule has 1 aliphatic rings. The van der Waals surface area contributed by atoms with E-state index >= 15 is 0 Å². The molecule has 1 saturated carbocycles. The van der Waals surface area contributed by atoms with Crippen LogP contribution in [-0.4, -0.2) is 17.4 Å². The molecule has 1 N–H and O–H groups in total. The summed E-state index contributed by atoms with van der Waals surface area (Å²) in [6, 6.07) is 0. The zero-order valence-corrected chi connectivity index (χ0v) is 4.10. The lowest BCUT2D eigenvalue weighted by Crippen LogP contribution is -2.12. The summed E-state index contributed by atoms with van der Waals surface area (Å²) < 4.78 is 12.1. The molecule has 42 valence electrons. The second-order valence-electron chi connectivity index (χ2n) is 2.01. The highest BCUT2D eigenvalue weighted by molar-refractivity contribution is 4.74. The number of rotatable bonds is 0. The third-order valence-electron chi connectivity index (χ3n) is 1.40. The van der Waals surface area contributed by atoms with Crippen molar-refractivity contribution in [3.05, 3.63) is 0 Å². The quantitative estimate of drug-likeness (QED) is 0.483. The van der Waals surface area contributed by atoms with Crippen molar-refractivity contribution < 1.29 is 9.50 Å². The zero-order valence-electron chi connectivity index (χ0n) is 4.10. The molecule has 2 atom stereocenters. The van der Waals surface area contributed by atoms with Gasteiger partial charge in [-0.15, -0.1) is 0 Å². The maximum atomic E-state index is 12.1. The predicted octanol–water partition coefficient (Wildman–Crippen LogP) is 0.869. The Morgan fingerprint density at radius 2 is 2.14 bits per heavy atom. The average Bonchev–Trinajstić information content (AvgIpc) is 1.91. The normalized spacial score (nSPS) is 42.0. The van der Waals surface area contributed by atoms with E-state index in [9.17, 15) is 4.39 Å². The van der Waals surface area contributed by atoms with E-state index < -0.39 is 12.3 Å². The molecule has 0 saturated heterocycles. The van der Waals surface area contributed by atoms with Crippen LogP contribution in [0.3, 0.4) is 0 Å². The molecule has 1 rings (SSSR count). The zero-order chi connectivity index (χ0) is 5.28. The van der Waals surface area contributed by atoms with Gasteiger partial charge in [-0.2, -0.15) is 0 Å². The molecule has 0 aromatic heterocycles. The number of alkyl halides is 1.